The SMILES string of the molecule is C=C(Nc1cccc2c1cnn2CC)N1CCC=Nc2ccc(-c3cccc(C(C)(F)F)c3)nc21. The van der Waals surface area contributed by atoms with Crippen LogP contribution in [0.1, 0.15) is 25.8 Å². The van der Waals surface area contributed by atoms with Crippen molar-refractivity contribution in [3.63, 3.8) is 0 Å². The van der Waals surface area contributed by atoms with E-state index < -0.39 is 5.92 Å². The van der Waals surface area contributed by atoms with Gasteiger partial charge >= 0.3 is 0 Å². The number of halogens is 2. The quantitative estimate of drug-likeness (QED) is 0.338. The molecule has 0 spiro atoms. The first-order chi connectivity index (χ1) is 16.8. The van der Waals surface area contributed by atoms with Crippen LogP contribution in [0.25, 0.3) is 22.2 Å². The second-order valence-corrected chi connectivity index (χ2v) is 8.53. The molecule has 0 fully saturated rings. The molecule has 0 amide bonds. The Hall–Kier alpha value is -4.07. The summed E-state index contributed by atoms with van der Waals surface area (Å²) in [5, 5.41) is 8.90. The number of pyridine rings is 1. The lowest BCUT2D eigenvalue weighted by atomic mass is 10.0. The Balaban J connectivity index is 1.50. The first-order valence-electron chi connectivity index (χ1n) is 11.6. The fourth-order valence-electron chi connectivity index (χ4n) is 4.26. The van der Waals surface area contributed by atoms with Gasteiger partial charge in [-0.2, -0.15) is 5.10 Å². The van der Waals surface area contributed by atoms with Crippen LogP contribution >= 0.6 is 0 Å². The molecule has 2 aromatic heterocycles. The van der Waals surface area contributed by atoms with Crippen LogP contribution in [0.3, 0.4) is 0 Å². The Morgan fingerprint density at radius 1 is 1.14 bits per heavy atom. The summed E-state index contributed by atoms with van der Waals surface area (Å²) in [6.45, 7) is 8.64. The number of aliphatic imine (C=N–C) groups is 1. The van der Waals surface area contributed by atoms with Crippen molar-refractivity contribution in [3.05, 3.63) is 78.8 Å². The van der Waals surface area contributed by atoms with E-state index in [1.165, 1.54) is 12.1 Å². The third-order valence-corrected chi connectivity index (χ3v) is 6.08. The van der Waals surface area contributed by atoms with E-state index in [4.69, 9.17) is 4.98 Å². The molecule has 1 aliphatic rings. The van der Waals surface area contributed by atoms with Crippen molar-refractivity contribution < 1.29 is 8.78 Å². The molecule has 3 heterocycles. The van der Waals surface area contributed by atoms with Gasteiger partial charge in [0.05, 0.1) is 23.1 Å². The van der Waals surface area contributed by atoms with E-state index in [0.717, 1.165) is 30.1 Å². The Morgan fingerprint density at radius 3 is 2.77 bits per heavy atom. The zero-order valence-corrected chi connectivity index (χ0v) is 19.7. The first kappa shape index (κ1) is 22.7. The molecule has 35 heavy (non-hydrogen) atoms. The van der Waals surface area contributed by atoms with E-state index in [1.54, 1.807) is 12.1 Å². The molecule has 5 rings (SSSR count). The summed E-state index contributed by atoms with van der Waals surface area (Å²) in [5.74, 6) is -1.66. The van der Waals surface area contributed by atoms with Gasteiger partial charge in [-0.05, 0) is 37.3 Å². The lowest BCUT2D eigenvalue weighted by Gasteiger charge is -2.26. The van der Waals surface area contributed by atoms with Crippen molar-refractivity contribution in [3.8, 4) is 11.3 Å². The predicted octanol–water partition coefficient (Wildman–Crippen LogP) is 6.73. The number of hydrogen-bond donors (Lipinski definition) is 1. The van der Waals surface area contributed by atoms with E-state index >= 15 is 0 Å². The van der Waals surface area contributed by atoms with E-state index in [0.29, 0.717) is 41.5 Å². The number of aromatic nitrogens is 3. The van der Waals surface area contributed by atoms with Gasteiger partial charge in [0.25, 0.3) is 5.92 Å². The van der Waals surface area contributed by atoms with Crippen molar-refractivity contribution in [2.24, 2.45) is 4.99 Å². The molecular formula is C27H26F2N6. The first-order valence-corrected chi connectivity index (χ1v) is 11.6. The van der Waals surface area contributed by atoms with Crippen molar-refractivity contribution in [2.75, 3.05) is 16.8 Å². The predicted molar refractivity (Wildman–Crippen MR) is 138 cm³/mol. The fraction of sp³-hybridized carbons (Fsp3) is 0.222. The smallest absolute Gasteiger partial charge is 0.270 e. The van der Waals surface area contributed by atoms with Crippen LogP contribution in [-0.2, 0) is 12.5 Å². The molecule has 0 bridgehead atoms. The van der Waals surface area contributed by atoms with E-state index in [1.807, 2.05) is 52.3 Å². The zero-order valence-electron chi connectivity index (χ0n) is 19.7. The summed E-state index contributed by atoms with van der Waals surface area (Å²) < 4.78 is 29.8. The summed E-state index contributed by atoms with van der Waals surface area (Å²) in [7, 11) is 0. The van der Waals surface area contributed by atoms with Crippen molar-refractivity contribution in [1.82, 2.24) is 14.8 Å². The highest BCUT2D eigenvalue weighted by molar-refractivity contribution is 5.92. The van der Waals surface area contributed by atoms with E-state index in [-0.39, 0.29) is 5.56 Å². The van der Waals surface area contributed by atoms with Gasteiger partial charge < -0.3 is 10.2 Å². The largest absolute Gasteiger partial charge is 0.341 e. The van der Waals surface area contributed by atoms with Crippen LogP contribution in [0.2, 0.25) is 0 Å². The molecule has 1 aliphatic heterocycles. The van der Waals surface area contributed by atoms with Gasteiger partial charge in [0.1, 0.15) is 11.5 Å². The summed E-state index contributed by atoms with van der Waals surface area (Å²) in [6, 6.07) is 16.0. The van der Waals surface area contributed by atoms with Crippen molar-refractivity contribution in [2.45, 2.75) is 32.7 Å². The molecule has 0 radical (unpaired) electrons. The molecule has 2 aromatic carbocycles. The minimum atomic E-state index is -2.93. The van der Waals surface area contributed by atoms with E-state index in [2.05, 4.69) is 28.9 Å². The van der Waals surface area contributed by atoms with Gasteiger partial charge in [0.2, 0.25) is 0 Å². The highest BCUT2D eigenvalue weighted by Gasteiger charge is 2.25. The number of hydrogen-bond acceptors (Lipinski definition) is 5. The molecule has 1 N–H and O–H groups in total. The van der Waals surface area contributed by atoms with Crippen LogP contribution in [-0.4, -0.2) is 27.5 Å². The Morgan fingerprint density at radius 2 is 1.97 bits per heavy atom. The zero-order chi connectivity index (χ0) is 24.6. The Kier molecular flexibility index (Phi) is 5.80. The number of aryl methyl sites for hydroxylation is 1. The molecular weight excluding hydrogens is 446 g/mol. The van der Waals surface area contributed by atoms with Gasteiger partial charge in [0, 0.05) is 49.2 Å². The summed E-state index contributed by atoms with van der Waals surface area (Å²) >= 11 is 0. The molecule has 0 unspecified atom stereocenters. The number of benzene rings is 2. The number of nitrogens with one attached hydrogen (secondary N) is 1. The maximum Gasteiger partial charge on any atom is 0.270 e. The lowest BCUT2D eigenvalue weighted by molar-refractivity contribution is 0.0175. The normalized spacial score (nSPS) is 13.5. The maximum absolute atomic E-state index is 13.9. The monoisotopic (exact) mass is 472 g/mol. The third kappa shape index (κ3) is 4.39. The van der Waals surface area contributed by atoms with Crippen LogP contribution in [0.4, 0.5) is 26.0 Å². The molecule has 4 aromatic rings. The number of rotatable bonds is 6. The molecule has 0 aliphatic carbocycles. The molecule has 0 saturated heterocycles. The second-order valence-electron chi connectivity index (χ2n) is 8.53. The van der Waals surface area contributed by atoms with Crippen LogP contribution in [0.5, 0.6) is 0 Å². The Labute approximate surface area is 202 Å². The molecule has 6 nitrogen and oxygen atoms in total. The van der Waals surface area contributed by atoms with Gasteiger partial charge in [-0.15, -0.1) is 0 Å². The van der Waals surface area contributed by atoms with Crippen molar-refractivity contribution in [1.29, 1.82) is 0 Å². The minimum absolute atomic E-state index is 0.0478. The molecule has 0 saturated carbocycles. The summed E-state index contributed by atoms with van der Waals surface area (Å²) in [4.78, 5) is 11.4. The average Bonchev–Trinajstić information content (AvgIpc) is 3.16. The second kappa shape index (κ2) is 8.94. The number of nitrogens with zero attached hydrogens (tertiary/aromatic N) is 5. The van der Waals surface area contributed by atoms with Gasteiger partial charge in [-0.25, -0.2) is 13.8 Å². The molecule has 8 heteroatoms. The topological polar surface area (TPSA) is 58.3 Å². The molecule has 178 valence electrons. The van der Waals surface area contributed by atoms with Gasteiger partial charge in [-0.1, -0.05) is 30.8 Å². The highest BCUT2D eigenvalue weighted by atomic mass is 19.3. The van der Waals surface area contributed by atoms with Crippen LogP contribution in [0, 0.1) is 0 Å². The number of anilines is 2. The summed E-state index contributed by atoms with van der Waals surface area (Å²) in [5.41, 5.74) is 3.80. The third-order valence-electron chi connectivity index (χ3n) is 6.08. The number of fused-ring (bicyclic) bond motifs is 2. The lowest BCUT2D eigenvalue weighted by Crippen LogP contribution is -2.28. The van der Waals surface area contributed by atoms with Gasteiger partial charge in [-0.3, -0.25) is 9.67 Å². The standard InChI is InChI=1S/C27H26F2N6/c1-4-35-25-11-6-10-23(21(25)17-31-35)32-18(2)34-15-7-14-30-24-13-12-22(33-26(24)34)19-8-5-9-20(16-19)27(3,28)29/h5-6,8-14,16-17,32H,2,4,7,15H2,1,3H3. The minimum Gasteiger partial charge on any atom is -0.341 e. The van der Waals surface area contributed by atoms with Crippen LogP contribution in [0.15, 0.2) is 78.2 Å². The van der Waals surface area contributed by atoms with Gasteiger partial charge in [0.15, 0.2) is 5.82 Å². The van der Waals surface area contributed by atoms with E-state index in [9.17, 15) is 8.78 Å². The fourth-order valence-corrected chi connectivity index (χ4v) is 4.26. The van der Waals surface area contributed by atoms with Crippen LogP contribution < -0.4 is 10.2 Å². The number of alkyl halides is 2. The summed E-state index contributed by atoms with van der Waals surface area (Å²) in [6.07, 6.45) is 4.42. The highest BCUT2D eigenvalue weighted by Crippen LogP contribution is 2.36. The average molecular weight is 473 g/mol. The Bertz CT molecular complexity index is 1430. The van der Waals surface area contributed by atoms with Crippen molar-refractivity contribution >= 4 is 34.3 Å². The maximum atomic E-state index is 13.9. The molecule has 0 atom stereocenters.